The Balaban J connectivity index is 1.52. The highest BCUT2D eigenvalue weighted by molar-refractivity contribution is 5.90. The number of nitrogens with zero attached hydrogens (tertiary/aromatic N) is 1. The van der Waals surface area contributed by atoms with Crippen LogP contribution in [0.1, 0.15) is 44.9 Å². The molecule has 3 rings (SSSR count). The summed E-state index contributed by atoms with van der Waals surface area (Å²) in [6, 6.07) is -0.268. The standard InChI is InChI=1S/C14H23N3O2/c15-14(17-19)13(9-3-4-9)16-12(18)7-11-6-8-1-2-10(11)5-8/h8-11,13,19H,1-7H2,(H2,15,17)(H,16,18). The van der Waals surface area contributed by atoms with Crippen molar-refractivity contribution in [2.24, 2.45) is 34.6 Å². The topological polar surface area (TPSA) is 87.7 Å². The van der Waals surface area contributed by atoms with E-state index in [1.165, 1.54) is 25.7 Å². The van der Waals surface area contributed by atoms with E-state index in [2.05, 4.69) is 10.5 Å². The average molecular weight is 265 g/mol. The van der Waals surface area contributed by atoms with Gasteiger partial charge < -0.3 is 16.3 Å². The maximum Gasteiger partial charge on any atom is 0.220 e. The minimum absolute atomic E-state index is 0.0704. The highest BCUT2D eigenvalue weighted by atomic mass is 16.4. The Morgan fingerprint density at radius 3 is 2.63 bits per heavy atom. The molecule has 0 saturated heterocycles. The summed E-state index contributed by atoms with van der Waals surface area (Å²) < 4.78 is 0. The van der Waals surface area contributed by atoms with Crippen molar-refractivity contribution < 1.29 is 10.0 Å². The molecule has 0 aliphatic heterocycles. The van der Waals surface area contributed by atoms with Gasteiger partial charge in [0.1, 0.15) is 0 Å². The summed E-state index contributed by atoms with van der Waals surface area (Å²) >= 11 is 0. The van der Waals surface area contributed by atoms with Gasteiger partial charge in [0, 0.05) is 6.42 Å². The fraction of sp³-hybridized carbons (Fsp3) is 0.857. The molecule has 0 spiro atoms. The molecule has 0 radical (unpaired) electrons. The van der Waals surface area contributed by atoms with E-state index in [0.29, 0.717) is 18.3 Å². The molecule has 0 aromatic rings. The second-order valence-electron chi connectivity index (χ2n) is 6.55. The van der Waals surface area contributed by atoms with Gasteiger partial charge in [-0.3, -0.25) is 4.79 Å². The van der Waals surface area contributed by atoms with Crippen LogP contribution in [0.4, 0.5) is 0 Å². The Bertz CT molecular complexity index is 392. The van der Waals surface area contributed by atoms with E-state index in [0.717, 1.165) is 24.7 Å². The van der Waals surface area contributed by atoms with Crippen molar-refractivity contribution in [3.8, 4) is 0 Å². The SMILES string of the molecule is NC(=NO)C(NC(=O)CC1CC2CCC1C2)C1CC1. The zero-order valence-corrected chi connectivity index (χ0v) is 11.2. The first-order valence-electron chi connectivity index (χ1n) is 7.44. The fourth-order valence-electron chi connectivity index (χ4n) is 4.02. The number of amides is 1. The van der Waals surface area contributed by atoms with Crippen LogP contribution in [0.15, 0.2) is 5.16 Å². The summed E-state index contributed by atoms with van der Waals surface area (Å²) in [5, 5.41) is 14.8. The van der Waals surface area contributed by atoms with Crippen LogP contribution in [0, 0.1) is 23.7 Å². The molecule has 5 nitrogen and oxygen atoms in total. The van der Waals surface area contributed by atoms with Crippen LogP contribution < -0.4 is 11.1 Å². The lowest BCUT2D eigenvalue weighted by Gasteiger charge is -2.23. The molecular formula is C14H23N3O2. The molecule has 3 fully saturated rings. The predicted molar refractivity (Wildman–Crippen MR) is 71.6 cm³/mol. The first-order chi connectivity index (χ1) is 9.17. The molecule has 1 amide bonds. The minimum Gasteiger partial charge on any atom is -0.409 e. The summed E-state index contributed by atoms with van der Waals surface area (Å²) in [5.74, 6) is 2.76. The maximum absolute atomic E-state index is 12.1. The number of amidine groups is 1. The number of hydrogen-bond acceptors (Lipinski definition) is 3. The van der Waals surface area contributed by atoms with Crippen molar-refractivity contribution in [3.63, 3.8) is 0 Å². The largest absolute Gasteiger partial charge is 0.409 e. The number of nitrogens with one attached hydrogen (secondary N) is 1. The number of rotatable bonds is 5. The minimum atomic E-state index is -0.268. The number of hydrogen-bond donors (Lipinski definition) is 3. The number of carbonyl (C=O) groups is 1. The lowest BCUT2D eigenvalue weighted by atomic mass is 9.86. The third-order valence-electron chi connectivity index (χ3n) is 5.18. The highest BCUT2D eigenvalue weighted by Gasteiger charge is 2.41. The molecule has 4 atom stereocenters. The molecule has 4 N–H and O–H groups in total. The van der Waals surface area contributed by atoms with Crippen LogP contribution in [-0.2, 0) is 4.79 Å². The van der Waals surface area contributed by atoms with Gasteiger partial charge in [0.2, 0.25) is 5.91 Å². The third-order valence-corrected chi connectivity index (χ3v) is 5.18. The Kier molecular flexibility index (Phi) is 3.37. The normalized spacial score (nSPS) is 35.4. The van der Waals surface area contributed by atoms with Crippen molar-refractivity contribution in [1.29, 1.82) is 0 Å². The van der Waals surface area contributed by atoms with Gasteiger partial charge in [-0.2, -0.15) is 0 Å². The van der Waals surface area contributed by atoms with Crippen molar-refractivity contribution >= 4 is 11.7 Å². The van der Waals surface area contributed by atoms with Crippen LogP contribution in [0.2, 0.25) is 0 Å². The summed E-state index contributed by atoms with van der Waals surface area (Å²) in [6.07, 6.45) is 7.92. The van der Waals surface area contributed by atoms with Crippen molar-refractivity contribution in [3.05, 3.63) is 0 Å². The fourth-order valence-corrected chi connectivity index (χ4v) is 4.02. The second-order valence-corrected chi connectivity index (χ2v) is 6.55. The molecule has 4 unspecified atom stereocenters. The van der Waals surface area contributed by atoms with Gasteiger partial charge in [-0.25, -0.2) is 0 Å². The van der Waals surface area contributed by atoms with Gasteiger partial charge in [-0.15, -0.1) is 0 Å². The predicted octanol–water partition coefficient (Wildman–Crippen LogP) is 1.45. The van der Waals surface area contributed by atoms with Gasteiger partial charge >= 0.3 is 0 Å². The number of carbonyl (C=O) groups excluding carboxylic acids is 1. The summed E-state index contributed by atoms with van der Waals surface area (Å²) in [6.45, 7) is 0. The smallest absolute Gasteiger partial charge is 0.220 e. The lowest BCUT2D eigenvalue weighted by molar-refractivity contribution is -0.122. The monoisotopic (exact) mass is 265 g/mol. The molecule has 2 bridgehead atoms. The van der Waals surface area contributed by atoms with Gasteiger partial charge in [0.25, 0.3) is 0 Å². The van der Waals surface area contributed by atoms with Gasteiger partial charge in [-0.1, -0.05) is 11.6 Å². The van der Waals surface area contributed by atoms with Gasteiger partial charge in [-0.05, 0) is 55.8 Å². The molecule has 5 heteroatoms. The molecule has 19 heavy (non-hydrogen) atoms. The number of fused-ring (bicyclic) bond motifs is 2. The van der Waals surface area contributed by atoms with Crippen molar-refractivity contribution in [2.45, 2.75) is 51.0 Å². The van der Waals surface area contributed by atoms with Crippen LogP contribution in [0.5, 0.6) is 0 Å². The van der Waals surface area contributed by atoms with E-state index in [1.54, 1.807) is 0 Å². The molecule has 3 saturated carbocycles. The Hall–Kier alpha value is -1.26. The zero-order chi connectivity index (χ0) is 13.4. The van der Waals surface area contributed by atoms with Crippen molar-refractivity contribution in [1.82, 2.24) is 5.32 Å². The molecule has 0 aromatic carbocycles. The highest BCUT2D eigenvalue weighted by Crippen LogP contribution is 2.49. The van der Waals surface area contributed by atoms with Crippen LogP contribution in [0.3, 0.4) is 0 Å². The first-order valence-corrected chi connectivity index (χ1v) is 7.44. The maximum atomic E-state index is 12.1. The molecular weight excluding hydrogens is 242 g/mol. The quantitative estimate of drug-likeness (QED) is 0.304. The Morgan fingerprint density at radius 1 is 1.32 bits per heavy atom. The number of oxime groups is 1. The van der Waals surface area contributed by atoms with Crippen LogP contribution in [0.25, 0.3) is 0 Å². The van der Waals surface area contributed by atoms with E-state index in [4.69, 9.17) is 10.9 Å². The van der Waals surface area contributed by atoms with E-state index < -0.39 is 0 Å². The molecule has 3 aliphatic rings. The van der Waals surface area contributed by atoms with E-state index in [9.17, 15) is 4.79 Å². The Labute approximate surface area is 113 Å². The van der Waals surface area contributed by atoms with Crippen LogP contribution in [-0.4, -0.2) is 23.0 Å². The summed E-state index contributed by atoms with van der Waals surface area (Å²) in [4.78, 5) is 12.1. The van der Waals surface area contributed by atoms with E-state index in [-0.39, 0.29) is 17.8 Å². The molecule has 0 aromatic heterocycles. The average Bonchev–Trinajstić information content (AvgIpc) is 3.04. The first kappa shape index (κ1) is 12.8. The van der Waals surface area contributed by atoms with Crippen molar-refractivity contribution in [2.75, 3.05) is 0 Å². The van der Waals surface area contributed by atoms with Gasteiger partial charge in [0.05, 0.1) is 6.04 Å². The lowest BCUT2D eigenvalue weighted by Crippen LogP contribution is -2.46. The molecule has 3 aliphatic carbocycles. The molecule has 106 valence electrons. The van der Waals surface area contributed by atoms with E-state index >= 15 is 0 Å². The Morgan fingerprint density at radius 2 is 2.11 bits per heavy atom. The van der Waals surface area contributed by atoms with Crippen LogP contribution >= 0.6 is 0 Å². The summed E-state index contributed by atoms with van der Waals surface area (Å²) in [7, 11) is 0. The molecule has 0 heterocycles. The third kappa shape index (κ3) is 2.69. The van der Waals surface area contributed by atoms with E-state index in [1.807, 2.05) is 0 Å². The summed E-state index contributed by atoms with van der Waals surface area (Å²) in [5.41, 5.74) is 5.66. The zero-order valence-electron chi connectivity index (χ0n) is 11.2. The second kappa shape index (κ2) is 5.02. The number of nitrogens with two attached hydrogens (primary N) is 1. The van der Waals surface area contributed by atoms with Gasteiger partial charge in [0.15, 0.2) is 5.84 Å².